The van der Waals surface area contributed by atoms with Crippen molar-refractivity contribution in [3.05, 3.63) is 70.4 Å². The number of pyridine rings is 1. The standard InChI is InChI=1S/C26H29N5O5S/c1-19-17-25(23-6-2-3-7-24(23)27-19)28-13-15-29(16-14-28)26(32)20-5-4-12-30(18-20)37(35,36)22-10-8-21(9-11-22)31(33)34/h2-3,6-11,17,20H,4-5,12-16,18H2,1H3. The van der Waals surface area contributed by atoms with Gasteiger partial charge in [-0.1, -0.05) is 18.2 Å². The smallest absolute Gasteiger partial charge is 0.269 e. The first-order chi connectivity index (χ1) is 17.7. The third-order valence-electron chi connectivity index (χ3n) is 7.17. The summed E-state index contributed by atoms with van der Waals surface area (Å²) in [4.78, 5) is 32.5. The van der Waals surface area contributed by atoms with E-state index >= 15 is 0 Å². The number of nitro benzene ring substituents is 1. The molecule has 194 valence electrons. The Morgan fingerprint density at radius 3 is 2.43 bits per heavy atom. The number of aryl methyl sites for hydroxylation is 1. The first kappa shape index (κ1) is 25.1. The van der Waals surface area contributed by atoms with Gasteiger partial charge in [-0.25, -0.2) is 8.42 Å². The van der Waals surface area contributed by atoms with Crippen molar-refractivity contribution < 1.29 is 18.1 Å². The highest BCUT2D eigenvalue weighted by atomic mass is 32.2. The van der Waals surface area contributed by atoms with Gasteiger partial charge in [0.05, 0.1) is 21.3 Å². The third-order valence-corrected chi connectivity index (χ3v) is 9.05. The van der Waals surface area contributed by atoms with Crippen LogP contribution in [0, 0.1) is 23.0 Å². The molecule has 0 aliphatic carbocycles. The van der Waals surface area contributed by atoms with Gasteiger partial charge in [-0.05, 0) is 44.0 Å². The summed E-state index contributed by atoms with van der Waals surface area (Å²) in [5, 5.41) is 12.0. The van der Waals surface area contributed by atoms with E-state index < -0.39 is 20.9 Å². The molecular formula is C26H29N5O5S. The zero-order valence-corrected chi connectivity index (χ0v) is 21.4. The van der Waals surface area contributed by atoms with Crippen LogP contribution in [0.25, 0.3) is 10.9 Å². The number of carbonyl (C=O) groups is 1. The van der Waals surface area contributed by atoms with Gasteiger partial charge in [-0.2, -0.15) is 4.31 Å². The van der Waals surface area contributed by atoms with Crippen molar-refractivity contribution in [2.75, 3.05) is 44.2 Å². The van der Waals surface area contributed by atoms with Gasteiger partial charge < -0.3 is 9.80 Å². The quantitative estimate of drug-likeness (QED) is 0.372. The first-order valence-electron chi connectivity index (χ1n) is 12.4. The van der Waals surface area contributed by atoms with E-state index in [2.05, 4.69) is 22.0 Å². The van der Waals surface area contributed by atoms with Gasteiger partial charge in [0.1, 0.15) is 0 Å². The van der Waals surface area contributed by atoms with Gasteiger partial charge in [0.15, 0.2) is 0 Å². The van der Waals surface area contributed by atoms with Crippen LogP contribution >= 0.6 is 0 Å². The topological polar surface area (TPSA) is 117 Å². The summed E-state index contributed by atoms with van der Waals surface area (Å²) in [7, 11) is -3.85. The Kier molecular flexibility index (Phi) is 6.82. The molecule has 2 aliphatic rings. The van der Waals surface area contributed by atoms with Crippen LogP contribution in [0.4, 0.5) is 11.4 Å². The number of piperidine rings is 1. The van der Waals surface area contributed by atoms with Crippen LogP contribution in [0.2, 0.25) is 0 Å². The molecule has 0 bridgehead atoms. The average Bonchev–Trinajstić information content (AvgIpc) is 2.92. The average molecular weight is 524 g/mol. The van der Waals surface area contributed by atoms with Crippen molar-refractivity contribution >= 4 is 38.2 Å². The fraction of sp³-hybridized carbons (Fsp3) is 0.385. The van der Waals surface area contributed by atoms with Crippen LogP contribution in [-0.4, -0.2) is 72.7 Å². The first-order valence-corrected chi connectivity index (χ1v) is 13.8. The lowest BCUT2D eigenvalue weighted by atomic mass is 9.97. The van der Waals surface area contributed by atoms with Crippen LogP contribution in [0.3, 0.4) is 0 Å². The van der Waals surface area contributed by atoms with Gasteiger partial charge >= 0.3 is 0 Å². The molecule has 0 N–H and O–H groups in total. The highest BCUT2D eigenvalue weighted by Gasteiger charge is 2.36. The number of aromatic nitrogens is 1. The Balaban J connectivity index is 1.25. The monoisotopic (exact) mass is 523 g/mol. The molecule has 37 heavy (non-hydrogen) atoms. The van der Waals surface area contributed by atoms with Gasteiger partial charge in [0.25, 0.3) is 5.69 Å². The van der Waals surface area contributed by atoms with Gasteiger partial charge in [0.2, 0.25) is 15.9 Å². The van der Waals surface area contributed by atoms with E-state index in [0.717, 1.165) is 22.3 Å². The molecule has 10 nitrogen and oxygen atoms in total. The number of para-hydroxylation sites is 1. The third kappa shape index (κ3) is 5.01. The summed E-state index contributed by atoms with van der Waals surface area (Å²) < 4.78 is 27.7. The summed E-state index contributed by atoms with van der Waals surface area (Å²) >= 11 is 0. The number of nitrogens with zero attached hydrogens (tertiary/aromatic N) is 5. The lowest BCUT2D eigenvalue weighted by molar-refractivity contribution is -0.384. The SMILES string of the molecule is Cc1cc(N2CCN(C(=O)C3CCCN(S(=O)(=O)c4ccc([N+](=O)[O-])cc4)C3)CC2)c2ccccc2n1. The fourth-order valence-electron chi connectivity index (χ4n) is 5.22. The maximum absolute atomic E-state index is 13.4. The van der Waals surface area contributed by atoms with Crippen molar-refractivity contribution in [3.8, 4) is 0 Å². The number of non-ortho nitro benzene ring substituents is 1. The number of piperazine rings is 1. The predicted molar refractivity (Wildman–Crippen MR) is 140 cm³/mol. The number of hydrogen-bond acceptors (Lipinski definition) is 7. The van der Waals surface area contributed by atoms with Crippen molar-refractivity contribution in [1.82, 2.24) is 14.2 Å². The van der Waals surface area contributed by atoms with Gasteiger partial charge in [-0.3, -0.25) is 19.9 Å². The Hall–Kier alpha value is -3.57. The molecule has 0 radical (unpaired) electrons. The molecule has 3 heterocycles. The maximum atomic E-state index is 13.4. The second-order valence-electron chi connectivity index (χ2n) is 9.57. The van der Waals surface area contributed by atoms with Crippen LogP contribution in [-0.2, 0) is 14.8 Å². The van der Waals surface area contributed by atoms with E-state index in [1.807, 2.05) is 30.0 Å². The van der Waals surface area contributed by atoms with Crippen LogP contribution in [0.1, 0.15) is 18.5 Å². The molecule has 3 aromatic rings. The predicted octanol–water partition coefficient (Wildman–Crippen LogP) is 3.20. The molecule has 11 heteroatoms. The highest BCUT2D eigenvalue weighted by molar-refractivity contribution is 7.89. The fourth-order valence-corrected chi connectivity index (χ4v) is 6.75. The lowest BCUT2D eigenvalue weighted by Crippen LogP contribution is -2.53. The van der Waals surface area contributed by atoms with Crippen molar-refractivity contribution in [1.29, 1.82) is 0 Å². The Morgan fingerprint density at radius 1 is 1.03 bits per heavy atom. The van der Waals surface area contributed by atoms with Gasteiger partial charge in [0, 0.05) is 68.2 Å². The molecule has 1 atom stereocenters. The highest BCUT2D eigenvalue weighted by Crippen LogP contribution is 2.29. The zero-order valence-electron chi connectivity index (χ0n) is 20.6. The number of benzene rings is 2. The number of carbonyl (C=O) groups excluding carboxylic acids is 1. The van der Waals surface area contributed by atoms with E-state index in [-0.39, 0.29) is 23.0 Å². The minimum atomic E-state index is -3.85. The van der Waals surface area contributed by atoms with Gasteiger partial charge in [-0.15, -0.1) is 0 Å². The lowest BCUT2D eigenvalue weighted by Gasteiger charge is -2.39. The van der Waals surface area contributed by atoms with Crippen LogP contribution in [0.5, 0.6) is 0 Å². The molecule has 0 saturated carbocycles. The summed E-state index contributed by atoms with van der Waals surface area (Å²) in [6.07, 6.45) is 1.23. The largest absolute Gasteiger partial charge is 0.367 e. The summed E-state index contributed by atoms with van der Waals surface area (Å²) in [5.41, 5.74) is 2.85. The van der Waals surface area contributed by atoms with Crippen molar-refractivity contribution in [2.45, 2.75) is 24.7 Å². The van der Waals surface area contributed by atoms with E-state index in [9.17, 15) is 23.3 Å². The van der Waals surface area contributed by atoms with Crippen LogP contribution in [0.15, 0.2) is 59.5 Å². The molecule has 2 aliphatic heterocycles. The normalized spacial score (nSPS) is 19.2. The van der Waals surface area contributed by atoms with Crippen molar-refractivity contribution in [3.63, 3.8) is 0 Å². The number of nitro groups is 1. The Bertz CT molecular complexity index is 1440. The molecule has 2 fully saturated rings. The molecule has 5 rings (SSSR count). The molecular weight excluding hydrogens is 494 g/mol. The van der Waals surface area contributed by atoms with E-state index in [0.29, 0.717) is 45.6 Å². The minimum Gasteiger partial charge on any atom is -0.367 e. The number of amides is 1. The summed E-state index contributed by atoms with van der Waals surface area (Å²) in [6.45, 7) is 4.95. The van der Waals surface area contributed by atoms with E-state index in [1.54, 1.807) is 0 Å². The van der Waals surface area contributed by atoms with Crippen molar-refractivity contribution in [2.24, 2.45) is 5.92 Å². The van der Waals surface area contributed by atoms with E-state index in [4.69, 9.17) is 0 Å². The maximum Gasteiger partial charge on any atom is 0.269 e. The molecule has 2 saturated heterocycles. The number of rotatable bonds is 5. The minimum absolute atomic E-state index is 0.000292. The Labute approximate surface area is 215 Å². The molecule has 1 aromatic heterocycles. The molecule has 1 amide bonds. The number of anilines is 1. The number of fused-ring (bicyclic) bond motifs is 1. The van der Waals surface area contributed by atoms with Crippen LogP contribution < -0.4 is 4.90 Å². The molecule has 0 spiro atoms. The second kappa shape index (κ2) is 10.1. The number of sulfonamides is 1. The number of hydrogen-bond donors (Lipinski definition) is 0. The molecule has 1 unspecified atom stereocenters. The summed E-state index contributed by atoms with van der Waals surface area (Å²) in [6, 6.07) is 15.0. The second-order valence-corrected chi connectivity index (χ2v) is 11.5. The summed E-state index contributed by atoms with van der Waals surface area (Å²) in [5.74, 6) is -0.420. The Morgan fingerprint density at radius 2 is 1.73 bits per heavy atom. The zero-order chi connectivity index (χ0) is 26.2. The van der Waals surface area contributed by atoms with E-state index in [1.165, 1.54) is 28.6 Å². The molecule has 2 aromatic carbocycles.